The second-order valence-electron chi connectivity index (χ2n) is 4.11. The van der Waals surface area contributed by atoms with Crippen LogP contribution in [0.15, 0.2) is 42.5 Å². The van der Waals surface area contributed by atoms with Gasteiger partial charge in [-0.05, 0) is 36.4 Å². The molecule has 2 aromatic carbocycles. The van der Waals surface area contributed by atoms with E-state index in [0.29, 0.717) is 0 Å². The molecule has 0 aliphatic heterocycles. The van der Waals surface area contributed by atoms with Gasteiger partial charge in [0, 0.05) is 17.1 Å². The monoisotopic (exact) mass is 255 g/mol. The van der Waals surface area contributed by atoms with Crippen molar-refractivity contribution in [1.29, 1.82) is 0 Å². The lowest BCUT2D eigenvalue weighted by Crippen LogP contribution is -1.99. The maximum absolute atomic E-state index is 6.01. The van der Waals surface area contributed by atoms with Gasteiger partial charge in [0.15, 0.2) is 0 Å². The first kappa shape index (κ1) is 11.3. The van der Waals surface area contributed by atoms with E-state index in [2.05, 4.69) is 28.6 Å². The third-order valence-electron chi connectivity index (χ3n) is 2.95. The number of aryl methyl sites for hydroxylation is 1. The van der Waals surface area contributed by atoms with Crippen LogP contribution in [-0.4, -0.2) is 9.55 Å². The lowest BCUT2D eigenvalue weighted by atomic mass is 10.2. The minimum Gasteiger partial charge on any atom is -0.296 e. The average Bonchev–Trinajstić information content (AvgIpc) is 2.77. The summed E-state index contributed by atoms with van der Waals surface area (Å²) in [5, 5.41) is 0.717. The maximum atomic E-state index is 6.01. The normalized spacial score (nSPS) is 11.0. The van der Waals surface area contributed by atoms with Gasteiger partial charge in [-0.1, -0.05) is 30.7 Å². The molecule has 0 unspecified atom stereocenters. The molecule has 2 nitrogen and oxygen atoms in total. The molecule has 0 amide bonds. The maximum Gasteiger partial charge on any atom is 0.114 e. The number of benzene rings is 2. The molecular formula is C15H12ClN2. The molecule has 3 aromatic rings. The van der Waals surface area contributed by atoms with Crippen molar-refractivity contribution in [3.05, 3.63) is 59.4 Å². The smallest absolute Gasteiger partial charge is 0.114 e. The van der Waals surface area contributed by atoms with Crippen molar-refractivity contribution in [2.75, 3.05) is 0 Å². The van der Waals surface area contributed by atoms with E-state index in [9.17, 15) is 0 Å². The van der Waals surface area contributed by atoms with Gasteiger partial charge in [-0.15, -0.1) is 0 Å². The van der Waals surface area contributed by atoms with Gasteiger partial charge in [-0.25, -0.2) is 4.98 Å². The van der Waals surface area contributed by atoms with E-state index >= 15 is 0 Å². The number of hydrogen-bond acceptors (Lipinski definition) is 1. The zero-order valence-corrected chi connectivity index (χ0v) is 10.8. The van der Waals surface area contributed by atoms with Crippen molar-refractivity contribution in [2.45, 2.75) is 13.3 Å². The molecule has 18 heavy (non-hydrogen) atoms. The highest BCUT2D eigenvalue weighted by Crippen LogP contribution is 2.24. The molecule has 0 bridgehead atoms. The Morgan fingerprint density at radius 3 is 2.94 bits per heavy atom. The van der Waals surface area contributed by atoms with E-state index in [0.717, 1.165) is 34.0 Å². The number of halogens is 1. The fourth-order valence-electron chi connectivity index (χ4n) is 2.15. The first-order valence-corrected chi connectivity index (χ1v) is 6.31. The molecule has 0 saturated carbocycles. The molecular weight excluding hydrogens is 244 g/mol. The number of fused-ring (bicyclic) bond motifs is 1. The van der Waals surface area contributed by atoms with E-state index in [1.54, 1.807) is 0 Å². The average molecular weight is 256 g/mol. The molecule has 1 aromatic heterocycles. The standard InChI is InChI=1S/C15H12ClN2/c1-2-15-17-13-10-11(16)8-9-14(13)18(15)12-6-4-3-5-7-12/h3-4,6-10H,2H2,1H3. The summed E-state index contributed by atoms with van der Waals surface area (Å²) in [6.45, 7) is 2.10. The predicted octanol–water partition coefficient (Wildman–Crippen LogP) is 4.04. The Morgan fingerprint density at radius 1 is 1.33 bits per heavy atom. The minimum absolute atomic E-state index is 0.717. The van der Waals surface area contributed by atoms with Crippen LogP contribution in [-0.2, 0) is 6.42 Å². The van der Waals surface area contributed by atoms with Crippen molar-refractivity contribution < 1.29 is 0 Å². The second kappa shape index (κ2) is 4.46. The van der Waals surface area contributed by atoms with Gasteiger partial charge < -0.3 is 0 Å². The lowest BCUT2D eigenvalue weighted by Gasteiger charge is -2.07. The molecule has 1 heterocycles. The fourth-order valence-corrected chi connectivity index (χ4v) is 2.32. The number of rotatable bonds is 2. The second-order valence-corrected chi connectivity index (χ2v) is 4.55. The molecule has 1 radical (unpaired) electrons. The highest BCUT2D eigenvalue weighted by atomic mass is 35.5. The van der Waals surface area contributed by atoms with Gasteiger partial charge in [-0.2, -0.15) is 0 Å². The lowest BCUT2D eigenvalue weighted by molar-refractivity contribution is 0.908. The molecule has 0 aliphatic carbocycles. The Hall–Kier alpha value is -1.80. The molecule has 0 spiro atoms. The Morgan fingerprint density at radius 2 is 2.22 bits per heavy atom. The van der Waals surface area contributed by atoms with Crippen molar-refractivity contribution in [3.63, 3.8) is 0 Å². The highest BCUT2D eigenvalue weighted by Gasteiger charge is 2.10. The first-order chi connectivity index (χ1) is 8.79. The van der Waals surface area contributed by atoms with Crippen LogP contribution in [0.1, 0.15) is 12.7 Å². The summed E-state index contributed by atoms with van der Waals surface area (Å²) in [6, 6.07) is 16.8. The van der Waals surface area contributed by atoms with Crippen molar-refractivity contribution in [2.24, 2.45) is 0 Å². The summed E-state index contributed by atoms with van der Waals surface area (Å²) < 4.78 is 2.15. The molecule has 3 rings (SSSR count). The van der Waals surface area contributed by atoms with Crippen molar-refractivity contribution >= 4 is 22.6 Å². The Balaban J connectivity index is 2.33. The van der Waals surface area contributed by atoms with Gasteiger partial charge in [0.1, 0.15) is 5.82 Å². The topological polar surface area (TPSA) is 17.8 Å². The summed E-state index contributed by atoms with van der Waals surface area (Å²) in [6.07, 6.45) is 0.876. The van der Waals surface area contributed by atoms with Gasteiger partial charge in [-0.3, -0.25) is 4.57 Å². The molecule has 0 N–H and O–H groups in total. The highest BCUT2D eigenvalue weighted by molar-refractivity contribution is 6.31. The molecule has 0 atom stereocenters. The van der Waals surface area contributed by atoms with Crippen molar-refractivity contribution in [3.8, 4) is 5.69 Å². The Kier molecular flexibility index (Phi) is 2.80. The first-order valence-electron chi connectivity index (χ1n) is 5.93. The fraction of sp³-hybridized carbons (Fsp3) is 0.133. The minimum atomic E-state index is 0.717. The van der Waals surface area contributed by atoms with Crippen LogP contribution in [0.3, 0.4) is 0 Å². The summed E-state index contributed by atoms with van der Waals surface area (Å²) >= 11 is 6.01. The summed E-state index contributed by atoms with van der Waals surface area (Å²) in [5.41, 5.74) is 3.10. The van der Waals surface area contributed by atoms with Crippen LogP contribution in [0.5, 0.6) is 0 Å². The summed E-state index contributed by atoms with van der Waals surface area (Å²) in [7, 11) is 0. The van der Waals surface area contributed by atoms with E-state index in [-0.39, 0.29) is 0 Å². The zero-order valence-electron chi connectivity index (χ0n) is 10.0. The van der Waals surface area contributed by atoms with Crippen molar-refractivity contribution in [1.82, 2.24) is 9.55 Å². The molecule has 3 heteroatoms. The summed E-state index contributed by atoms with van der Waals surface area (Å²) in [5.74, 6) is 1.03. The van der Waals surface area contributed by atoms with Crippen LogP contribution < -0.4 is 0 Å². The number of imidazole rings is 1. The van der Waals surface area contributed by atoms with Crippen LogP contribution >= 0.6 is 11.6 Å². The number of nitrogens with zero attached hydrogens (tertiary/aromatic N) is 2. The SMILES string of the molecule is CCc1nc2cc(Cl)ccc2n1-c1c[c]ccc1. The largest absolute Gasteiger partial charge is 0.296 e. The molecule has 0 fully saturated rings. The molecule has 89 valence electrons. The van der Waals surface area contributed by atoms with Gasteiger partial charge in [0.25, 0.3) is 0 Å². The Bertz CT molecular complexity index is 686. The molecule has 0 aliphatic rings. The van der Waals surface area contributed by atoms with Gasteiger partial charge in [0.05, 0.1) is 11.0 Å². The third kappa shape index (κ3) is 1.79. The van der Waals surface area contributed by atoms with Crippen LogP contribution in [0.25, 0.3) is 16.7 Å². The van der Waals surface area contributed by atoms with Crippen LogP contribution in [0, 0.1) is 6.07 Å². The Labute approximate surface area is 111 Å². The van der Waals surface area contributed by atoms with Crippen LogP contribution in [0.4, 0.5) is 0 Å². The van der Waals surface area contributed by atoms with Gasteiger partial charge in [0.2, 0.25) is 0 Å². The summed E-state index contributed by atoms with van der Waals surface area (Å²) in [4.78, 5) is 4.63. The zero-order chi connectivity index (χ0) is 12.5. The molecule has 0 saturated heterocycles. The van der Waals surface area contributed by atoms with Gasteiger partial charge >= 0.3 is 0 Å². The number of hydrogen-bond donors (Lipinski definition) is 0. The third-order valence-corrected chi connectivity index (χ3v) is 3.19. The number of aromatic nitrogens is 2. The van der Waals surface area contributed by atoms with E-state index in [4.69, 9.17) is 11.6 Å². The van der Waals surface area contributed by atoms with Crippen LogP contribution in [0.2, 0.25) is 5.02 Å². The van der Waals surface area contributed by atoms with E-state index < -0.39 is 0 Å². The van der Waals surface area contributed by atoms with E-state index in [1.165, 1.54) is 0 Å². The van der Waals surface area contributed by atoms with E-state index in [1.807, 2.05) is 36.4 Å². The quantitative estimate of drug-likeness (QED) is 0.676. The predicted molar refractivity (Wildman–Crippen MR) is 74.3 cm³/mol.